The highest BCUT2D eigenvalue weighted by Gasteiger charge is 2.20. The first kappa shape index (κ1) is 12.0. The van der Waals surface area contributed by atoms with Crippen molar-refractivity contribution in [2.45, 2.75) is 26.8 Å². The molecule has 0 fully saturated rings. The minimum atomic E-state index is -0.550. The first-order valence-electron chi connectivity index (χ1n) is 5.63. The van der Waals surface area contributed by atoms with Gasteiger partial charge < -0.3 is 10.2 Å². The fraction of sp³-hybridized carbons (Fsp3) is 0.385. The number of furan rings is 1. The van der Waals surface area contributed by atoms with Crippen molar-refractivity contribution < 1.29 is 13.2 Å². The van der Waals surface area contributed by atoms with Crippen LogP contribution in [0, 0.1) is 17.6 Å². The molecule has 1 aromatic heterocycles. The number of benzene rings is 1. The van der Waals surface area contributed by atoms with Crippen molar-refractivity contribution in [2.75, 3.05) is 0 Å². The van der Waals surface area contributed by atoms with Crippen molar-refractivity contribution in [2.24, 2.45) is 11.7 Å². The summed E-state index contributed by atoms with van der Waals surface area (Å²) in [6, 6.07) is 2.19. The fourth-order valence-corrected chi connectivity index (χ4v) is 2.03. The van der Waals surface area contributed by atoms with Crippen LogP contribution in [-0.4, -0.2) is 0 Å². The van der Waals surface area contributed by atoms with Gasteiger partial charge in [-0.15, -0.1) is 0 Å². The topological polar surface area (TPSA) is 39.2 Å². The van der Waals surface area contributed by atoms with E-state index in [2.05, 4.69) is 0 Å². The van der Waals surface area contributed by atoms with E-state index in [1.165, 1.54) is 0 Å². The number of hydrogen-bond acceptors (Lipinski definition) is 2. The molecule has 1 heterocycles. The molecule has 0 aliphatic carbocycles. The summed E-state index contributed by atoms with van der Waals surface area (Å²) in [4.78, 5) is 0. The van der Waals surface area contributed by atoms with E-state index in [-0.39, 0.29) is 17.5 Å². The Morgan fingerprint density at radius 3 is 2.47 bits per heavy atom. The van der Waals surface area contributed by atoms with Crippen molar-refractivity contribution in [1.29, 1.82) is 0 Å². The Bertz CT molecular complexity index is 546. The maximum absolute atomic E-state index is 13.8. The Labute approximate surface area is 98.4 Å². The number of halogens is 2. The Kier molecular flexibility index (Phi) is 3.15. The van der Waals surface area contributed by atoms with Gasteiger partial charge in [-0.25, -0.2) is 8.78 Å². The van der Waals surface area contributed by atoms with E-state index in [0.717, 1.165) is 12.1 Å². The number of rotatable bonds is 3. The smallest absolute Gasteiger partial charge is 0.173 e. The van der Waals surface area contributed by atoms with Crippen LogP contribution in [0.25, 0.3) is 11.0 Å². The normalized spacial score (nSPS) is 11.6. The molecule has 0 spiro atoms. The standard InChI is InChI=1S/C13H15F2NO/c1-7(2)5-8-11(6-16)17-13-10(15)4-3-9(14)12(8)13/h3-4,7H,5-6,16H2,1-2H3. The van der Waals surface area contributed by atoms with Gasteiger partial charge in [-0.2, -0.15) is 0 Å². The Morgan fingerprint density at radius 2 is 1.88 bits per heavy atom. The molecule has 0 aliphatic heterocycles. The summed E-state index contributed by atoms with van der Waals surface area (Å²) >= 11 is 0. The zero-order chi connectivity index (χ0) is 12.6. The summed E-state index contributed by atoms with van der Waals surface area (Å²) in [6.45, 7) is 4.17. The monoisotopic (exact) mass is 239 g/mol. The number of hydrogen-bond donors (Lipinski definition) is 1. The van der Waals surface area contributed by atoms with Crippen LogP contribution < -0.4 is 5.73 Å². The van der Waals surface area contributed by atoms with E-state index < -0.39 is 11.6 Å². The quantitative estimate of drug-likeness (QED) is 0.891. The lowest BCUT2D eigenvalue weighted by Gasteiger charge is -2.05. The molecule has 2 aromatic rings. The molecule has 1 aromatic carbocycles. The fourth-order valence-electron chi connectivity index (χ4n) is 2.03. The molecule has 0 atom stereocenters. The van der Waals surface area contributed by atoms with Crippen molar-refractivity contribution >= 4 is 11.0 Å². The van der Waals surface area contributed by atoms with Crippen LogP contribution in [0.2, 0.25) is 0 Å². The molecule has 17 heavy (non-hydrogen) atoms. The van der Waals surface area contributed by atoms with Gasteiger partial charge in [0.1, 0.15) is 11.6 Å². The molecule has 2 rings (SSSR count). The number of nitrogens with two attached hydrogens (primary N) is 1. The lowest BCUT2D eigenvalue weighted by Crippen LogP contribution is -2.02. The third-order valence-electron chi connectivity index (χ3n) is 2.72. The maximum atomic E-state index is 13.8. The second-order valence-corrected chi connectivity index (χ2v) is 4.54. The van der Waals surface area contributed by atoms with Crippen LogP contribution in [0.5, 0.6) is 0 Å². The predicted molar refractivity (Wildman–Crippen MR) is 62.6 cm³/mol. The van der Waals surface area contributed by atoms with Crippen LogP contribution in [0.15, 0.2) is 16.5 Å². The number of fused-ring (bicyclic) bond motifs is 1. The first-order chi connectivity index (χ1) is 8.04. The molecule has 0 saturated carbocycles. The third kappa shape index (κ3) is 2.05. The highest BCUT2D eigenvalue weighted by atomic mass is 19.1. The van der Waals surface area contributed by atoms with Crippen molar-refractivity contribution in [3.63, 3.8) is 0 Å². The predicted octanol–water partition coefficient (Wildman–Crippen LogP) is 3.37. The lowest BCUT2D eigenvalue weighted by atomic mass is 9.99. The van der Waals surface area contributed by atoms with Crippen molar-refractivity contribution in [3.8, 4) is 0 Å². The Balaban J connectivity index is 2.73. The summed E-state index contributed by atoms with van der Waals surface area (Å²) in [7, 11) is 0. The van der Waals surface area contributed by atoms with Gasteiger partial charge in [0, 0.05) is 5.56 Å². The molecule has 4 heteroatoms. The van der Waals surface area contributed by atoms with Gasteiger partial charge in [-0.1, -0.05) is 13.8 Å². The molecule has 92 valence electrons. The Hall–Kier alpha value is -1.42. The maximum Gasteiger partial charge on any atom is 0.173 e. The van der Waals surface area contributed by atoms with Gasteiger partial charge in [0.25, 0.3) is 0 Å². The summed E-state index contributed by atoms with van der Waals surface area (Å²) in [5.74, 6) is -0.215. The molecule has 2 nitrogen and oxygen atoms in total. The molecule has 0 saturated heterocycles. The lowest BCUT2D eigenvalue weighted by molar-refractivity contribution is 0.511. The summed E-state index contributed by atoms with van der Waals surface area (Å²) in [5.41, 5.74) is 6.21. The van der Waals surface area contributed by atoms with E-state index in [1.54, 1.807) is 0 Å². The molecule has 0 radical (unpaired) electrons. The van der Waals surface area contributed by atoms with E-state index in [1.807, 2.05) is 13.8 Å². The highest BCUT2D eigenvalue weighted by Crippen LogP contribution is 2.31. The zero-order valence-corrected chi connectivity index (χ0v) is 9.89. The SMILES string of the molecule is CC(C)Cc1c(CN)oc2c(F)ccc(F)c12. The van der Waals surface area contributed by atoms with E-state index in [9.17, 15) is 8.78 Å². The molecule has 0 aliphatic rings. The van der Waals surface area contributed by atoms with Crippen LogP contribution in [0.4, 0.5) is 8.78 Å². The molecule has 0 unspecified atom stereocenters. The second-order valence-electron chi connectivity index (χ2n) is 4.54. The first-order valence-corrected chi connectivity index (χ1v) is 5.63. The van der Waals surface area contributed by atoms with Crippen LogP contribution >= 0.6 is 0 Å². The van der Waals surface area contributed by atoms with E-state index in [0.29, 0.717) is 23.7 Å². The van der Waals surface area contributed by atoms with Crippen LogP contribution in [0.1, 0.15) is 25.2 Å². The third-order valence-corrected chi connectivity index (χ3v) is 2.72. The minimum absolute atomic E-state index is 0.0268. The highest BCUT2D eigenvalue weighted by molar-refractivity contribution is 5.83. The summed E-state index contributed by atoms with van der Waals surface area (Å²) < 4.78 is 32.6. The minimum Gasteiger partial charge on any atom is -0.456 e. The van der Waals surface area contributed by atoms with Crippen LogP contribution in [-0.2, 0) is 13.0 Å². The average molecular weight is 239 g/mol. The van der Waals surface area contributed by atoms with Gasteiger partial charge in [0.15, 0.2) is 11.4 Å². The van der Waals surface area contributed by atoms with Gasteiger partial charge in [0.2, 0.25) is 0 Å². The second kappa shape index (κ2) is 4.45. The zero-order valence-electron chi connectivity index (χ0n) is 9.89. The average Bonchev–Trinajstić information content (AvgIpc) is 2.63. The summed E-state index contributed by atoms with van der Waals surface area (Å²) in [6.07, 6.45) is 0.625. The molecule has 0 bridgehead atoms. The molecular formula is C13H15F2NO. The largest absolute Gasteiger partial charge is 0.456 e. The van der Waals surface area contributed by atoms with Crippen molar-refractivity contribution in [3.05, 3.63) is 35.1 Å². The Morgan fingerprint density at radius 1 is 1.24 bits per heavy atom. The van der Waals surface area contributed by atoms with Gasteiger partial charge in [-0.3, -0.25) is 0 Å². The van der Waals surface area contributed by atoms with Gasteiger partial charge in [0.05, 0.1) is 11.9 Å². The molecule has 0 amide bonds. The van der Waals surface area contributed by atoms with E-state index >= 15 is 0 Å². The summed E-state index contributed by atoms with van der Waals surface area (Å²) in [5, 5.41) is 0.235. The van der Waals surface area contributed by atoms with Crippen LogP contribution in [0.3, 0.4) is 0 Å². The van der Waals surface area contributed by atoms with Crippen molar-refractivity contribution in [1.82, 2.24) is 0 Å². The van der Waals surface area contributed by atoms with Gasteiger partial charge in [-0.05, 0) is 24.5 Å². The van der Waals surface area contributed by atoms with E-state index in [4.69, 9.17) is 10.2 Å². The molecular weight excluding hydrogens is 224 g/mol. The molecule has 2 N–H and O–H groups in total. The van der Waals surface area contributed by atoms with Gasteiger partial charge >= 0.3 is 0 Å².